The monoisotopic (exact) mass is 279 g/mol. The molecule has 106 valence electrons. The number of nitrogens with zero attached hydrogens (tertiary/aromatic N) is 4. The molecule has 0 atom stereocenters. The van der Waals surface area contributed by atoms with Crippen molar-refractivity contribution in [3.05, 3.63) is 53.1 Å². The fourth-order valence-corrected chi connectivity index (χ4v) is 2.47. The van der Waals surface area contributed by atoms with Crippen LogP contribution in [0.1, 0.15) is 16.7 Å². The molecular formula is C16H17N5. The van der Waals surface area contributed by atoms with Crippen molar-refractivity contribution in [2.24, 2.45) is 0 Å². The molecule has 0 bridgehead atoms. The van der Waals surface area contributed by atoms with Crippen LogP contribution in [0.15, 0.2) is 36.4 Å². The van der Waals surface area contributed by atoms with Gasteiger partial charge >= 0.3 is 0 Å². The number of hydrogen-bond acceptors (Lipinski definition) is 4. The van der Waals surface area contributed by atoms with Crippen LogP contribution in [0.5, 0.6) is 0 Å². The Hall–Kier alpha value is -2.69. The van der Waals surface area contributed by atoms with Crippen molar-refractivity contribution in [2.45, 2.75) is 20.8 Å². The molecule has 0 spiro atoms. The van der Waals surface area contributed by atoms with Crippen LogP contribution >= 0.6 is 0 Å². The Morgan fingerprint density at radius 3 is 2.33 bits per heavy atom. The first-order chi connectivity index (χ1) is 10.0. The summed E-state index contributed by atoms with van der Waals surface area (Å²) in [4.78, 5) is 0. The number of tetrazole rings is 1. The fraction of sp³-hybridized carbons (Fsp3) is 0.188. The first-order valence-electron chi connectivity index (χ1n) is 6.78. The molecule has 5 nitrogen and oxygen atoms in total. The number of aryl methyl sites for hydroxylation is 3. The van der Waals surface area contributed by atoms with Gasteiger partial charge in [-0.25, -0.2) is 0 Å². The predicted octanol–water partition coefficient (Wildman–Crippen LogP) is 2.84. The zero-order valence-electron chi connectivity index (χ0n) is 12.3. The van der Waals surface area contributed by atoms with Gasteiger partial charge in [-0.1, -0.05) is 17.7 Å². The molecule has 0 aliphatic rings. The summed E-state index contributed by atoms with van der Waals surface area (Å²) in [7, 11) is 0. The van der Waals surface area contributed by atoms with Gasteiger partial charge in [-0.05, 0) is 66.6 Å². The van der Waals surface area contributed by atoms with E-state index in [-0.39, 0.29) is 0 Å². The van der Waals surface area contributed by atoms with Gasteiger partial charge in [0.2, 0.25) is 0 Å². The molecule has 2 aromatic carbocycles. The molecule has 0 radical (unpaired) electrons. The number of nitrogens with two attached hydrogens (primary N) is 1. The summed E-state index contributed by atoms with van der Waals surface area (Å²) in [5.74, 6) is 0.654. The number of benzene rings is 2. The second-order valence-corrected chi connectivity index (χ2v) is 5.35. The average molecular weight is 279 g/mol. The smallest absolute Gasteiger partial charge is 0.189 e. The normalized spacial score (nSPS) is 10.8. The lowest BCUT2D eigenvalue weighted by molar-refractivity contribution is 0.790. The first kappa shape index (κ1) is 13.3. The van der Waals surface area contributed by atoms with E-state index in [9.17, 15) is 0 Å². The first-order valence-corrected chi connectivity index (χ1v) is 6.78. The Labute approximate surface area is 123 Å². The Bertz CT molecular complexity index is 784. The minimum absolute atomic E-state index is 0.654. The lowest BCUT2D eigenvalue weighted by Crippen LogP contribution is -2.02. The summed E-state index contributed by atoms with van der Waals surface area (Å²) in [6, 6.07) is 12.1. The molecule has 2 N–H and O–H groups in total. The predicted molar refractivity (Wildman–Crippen MR) is 83.2 cm³/mol. The van der Waals surface area contributed by atoms with Crippen molar-refractivity contribution >= 4 is 5.69 Å². The largest absolute Gasteiger partial charge is 0.398 e. The highest BCUT2D eigenvalue weighted by Gasteiger charge is 2.14. The van der Waals surface area contributed by atoms with Crippen molar-refractivity contribution in [2.75, 3.05) is 5.73 Å². The third-order valence-electron chi connectivity index (χ3n) is 3.37. The van der Waals surface area contributed by atoms with Gasteiger partial charge in [-0.2, -0.15) is 4.68 Å². The van der Waals surface area contributed by atoms with Crippen LogP contribution in [0, 0.1) is 20.8 Å². The quantitative estimate of drug-likeness (QED) is 0.732. The van der Waals surface area contributed by atoms with Crippen molar-refractivity contribution in [1.29, 1.82) is 0 Å². The minimum atomic E-state index is 0.654. The zero-order chi connectivity index (χ0) is 15.0. The summed E-state index contributed by atoms with van der Waals surface area (Å²) in [6.07, 6.45) is 0. The molecule has 0 amide bonds. The van der Waals surface area contributed by atoms with E-state index in [0.29, 0.717) is 11.5 Å². The van der Waals surface area contributed by atoms with Crippen molar-refractivity contribution in [1.82, 2.24) is 20.2 Å². The number of rotatable bonds is 2. The molecular weight excluding hydrogens is 262 g/mol. The molecule has 5 heteroatoms. The van der Waals surface area contributed by atoms with Crippen LogP contribution in [-0.4, -0.2) is 20.2 Å². The maximum Gasteiger partial charge on any atom is 0.189 e. The zero-order valence-corrected chi connectivity index (χ0v) is 12.3. The third kappa shape index (κ3) is 2.50. The molecule has 1 heterocycles. The van der Waals surface area contributed by atoms with Crippen molar-refractivity contribution in [3.8, 4) is 17.1 Å². The molecule has 0 saturated heterocycles. The molecule has 0 fully saturated rings. The van der Waals surface area contributed by atoms with Crippen molar-refractivity contribution in [3.63, 3.8) is 0 Å². The summed E-state index contributed by atoms with van der Waals surface area (Å²) in [5.41, 5.74) is 12.0. The lowest BCUT2D eigenvalue weighted by atomic mass is 10.1. The van der Waals surface area contributed by atoms with Gasteiger partial charge in [0.15, 0.2) is 5.82 Å². The van der Waals surface area contributed by atoms with Crippen LogP contribution in [-0.2, 0) is 0 Å². The van der Waals surface area contributed by atoms with Crippen LogP contribution in [0.4, 0.5) is 5.69 Å². The summed E-state index contributed by atoms with van der Waals surface area (Å²) in [6.45, 7) is 6.14. The molecule has 1 aromatic heterocycles. The lowest BCUT2D eigenvalue weighted by Gasteiger charge is -2.09. The number of hydrogen-bond donors (Lipinski definition) is 1. The van der Waals surface area contributed by atoms with Gasteiger partial charge < -0.3 is 5.73 Å². The van der Waals surface area contributed by atoms with E-state index < -0.39 is 0 Å². The Balaban J connectivity index is 2.19. The van der Waals surface area contributed by atoms with Gasteiger partial charge in [0.05, 0.1) is 5.69 Å². The molecule has 3 rings (SSSR count). The van der Waals surface area contributed by atoms with Crippen molar-refractivity contribution < 1.29 is 0 Å². The number of aromatic nitrogens is 4. The highest BCUT2D eigenvalue weighted by Crippen LogP contribution is 2.26. The third-order valence-corrected chi connectivity index (χ3v) is 3.37. The Morgan fingerprint density at radius 2 is 1.62 bits per heavy atom. The highest BCUT2D eigenvalue weighted by atomic mass is 15.5. The van der Waals surface area contributed by atoms with Crippen LogP contribution in [0.25, 0.3) is 17.1 Å². The topological polar surface area (TPSA) is 69.6 Å². The molecule has 3 aromatic rings. The average Bonchev–Trinajstić information content (AvgIpc) is 2.89. The second kappa shape index (κ2) is 5.01. The van der Waals surface area contributed by atoms with E-state index in [4.69, 9.17) is 5.73 Å². The van der Waals surface area contributed by atoms with E-state index in [1.54, 1.807) is 4.68 Å². The maximum absolute atomic E-state index is 6.08. The second-order valence-electron chi connectivity index (χ2n) is 5.35. The summed E-state index contributed by atoms with van der Waals surface area (Å²) >= 11 is 0. The van der Waals surface area contributed by atoms with Gasteiger partial charge in [0.25, 0.3) is 0 Å². The van der Waals surface area contributed by atoms with Crippen LogP contribution in [0.3, 0.4) is 0 Å². The van der Waals surface area contributed by atoms with Crippen LogP contribution < -0.4 is 5.73 Å². The summed E-state index contributed by atoms with van der Waals surface area (Å²) in [5, 5.41) is 12.1. The molecule has 0 saturated carbocycles. The Kier molecular flexibility index (Phi) is 3.17. The van der Waals surface area contributed by atoms with Gasteiger partial charge in [-0.15, -0.1) is 5.10 Å². The maximum atomic E-state index is 6.08. The number of anilines is 1. The summed E-state index contributed by atoms with van der Waals surface area (Å²) < 4.78 is 1.73. The van der Waals surface area contributed by atoms with Gasteiger partial charge in [0, 0.05) is 11.3 Å². The molecule has 21 heavy (non-hydrogen) atoms. The molecule has 0 unspecified atom stereocenters. The van der Waals surface area contributed by atoms with Crippen LogP contribution in [0.2, 0.25) is 0 Å². The van der Waals surface area contributed by atoms with E-state index in [1.165, 1.54) is 11.1 Å². The highest BCUT2D eigenvalue weighted by molar-refractivity contribution is 5.73. The fourth-order valence-electron chi connectivity index (χ4n) is 2.47. The molecule has 0 aliphatic heterocycles. The molecule has 0 aliphatic carbocycles. The van der Waals surface area contributed by atoms with E-state index in [0.717, 1.165) is 16.8 Å². The van der Waals surface area contributed by atoms with E-state index in [1.807, 2.05) is 25.1 Å². The number of nitrogen functional groups attached to an aromatic ring is 1. The minimum Gasteiger partial charge on any atom is -0.398 e. The Morgan fingerprint density at radius 1 is 0.905 bits per heavy atom. The van der Waals surface area contributed by atoms with Gasteiger partial charge in [-0.3, -0.25) is 0 Å². The van der Waals surface area contributed by atoms with E-state index in [2.05, 4.69) is 47.6 Å². The van der Waals surface area contributed by atoms with Gasteiger partial charge in [0.1, 0.15) is 0 Å². The SMILES string of the molecule is Cc1cc(C)cc(-n2nnnc2-c2cc(C)ccc2N)c1. The standard InChI is InChI=1S/C16H17N5/c1-10-4-5-15(17)14(9-10)16-18-19-20-21(16)13-7-11(2)6-12(3)8-13/h4-9H,17H2,1-3H3. The van der Waals surface area contributed by atoms with E-state index >= 15 is 0 Å².